The molecule has 0 bridgehead atoms. The Morgan fingerprint density at radius 2 is 1.84 bits per heavy atom. The molecule has 0 spiro atoms. The summed E-state index contributed by atoms with van der Waals surface area (Å²) in [6.45, 7) is 7.32. The Hall–Kier alpha value is -3.24. The van der Waals surface area contributed by atoms with E-state index < -0.39 is 0 Å². The fourth-order valence-corrected chi connectivity index (χ4v) is 4.82. The molecule has 5 rings (SSSR count). The summed E-state index contributed by atoms with van der Waals surface area (Å²) in [6.07, 6.45) is 3.65. The Labute approximate surface area is 218 Å². The van der Waals surface area contributed by atoms with Crippen molar-refractivity contribution >= 4 is 17.3 Å². The van der Waals surface area contributed by atoms with E-state index in [1.165, 1.54) is 5.56 Å². The molecule has 0 unspecified atom stereocenters. The van der Waals surface area contributed by atoms with Gasteiger partial charge >= 0.3 is 0 Å². The maximum Gasteiger partial charge on any atom is 0.227 e. The number of nitrogen functional groups attached to an aromatic ring is 1. The third kappa shape index (κ3) is 6.95. The van der Waals surface area contributed by atoms with Crippen molar-refractivity contribution in [3.63, 3.8) is 0 Å². The Kier molecular flexibility index (Phi) is 8.47. The predicted octanol–water partition coefficient (Wildman–Crippen LogP) is 3.14. The quantitative estimate of drug-likeness (QED) is 0.379. The molecule has 3 aromatic rings. The first-order chi connectivity index (χ1) is 18.2. The minimum absolute atomic E-state index is 0.142. The van der Waals surface area contributed by atoms with Crippen LogP contribution in [0.25, 0.3) is 11.3 Å². The summed E-state index contributed by atoms with van der Waals surface area (Å²) < 4.78 is 11.5. The van der Waals surface area contributed by atoms with Crippen molar-refractivity contribution in [1.82, 2.24) is 19.8 Å². The number of nitrogens with one attached hydrogen (secondary N) is 1. The number of β-amino-alcohol motifs (C(OH)–C–C–N with tert-alkyl or cyclic N) is 1. The zero-order valence-corrected chi connectivity index (χ0v) is 21.2. The molecule has 3 heterocycles. The Bertz CT molecular complexity index is 1160. The molecule has 0 aliphatic carbocycles. The number of nitrogens with zero attached hydrogens (tertiary/aromatic N) is 4. The molecule has 2 saturated heterocycles. The van der Waals surface area contributed by atoms with Gasteiger partial charge in [0.2, 0.25) is 5.95 Å². The highest BCUT2D eigenvalue weighted by atomic mass is 16.5. The zero-order chi connectivity index (χ0) is 25.5. The molecule has 196 valence electrons. The number of nitrogens with two attached hydrogens (primary N) is 1. The van der Waals surface area contributed by atoms with Crippen molar-refractivity contribution in [3.8, 4) is 17.0 Å². The standard InChI is InChI=1S/C28H36N6O3/c29-25-19-22(4-5-27(25)37-24-7-16-36-17-8-24)26-6-9-30-28(32-26)31-23-3-1-2-21(18-23)20-34-12-10-33(11-13-34)14-15-35/h1-6,9,18-19,24,35H,7-8,10-17,20,29H2,(H,30,31,32). The molecule has 9 heteroatoms. The first kappa shape index (κ1) is 25.4. The molecule has 1 aromatic heterocycles. The Morgan fingerprint density at radius 3 is 2.62 bits per heavy atom. The Morgan fingerprint density at radius 1 is 1.03 bits per heavy atom. The van der Waals surface area contributed by atoms with Gasteiger partial charge in [-0.3, -0.25) is 9.80 Å². The number of hydrogen-bond acceptors (Lipinski definition) is 9. The van der Waals surface area contributed by atoms with Gasteiger partial charge in [0.1, 0.15) is 11.9 Å². The highest BCUT2D eigenvalue weighted by Gasteiger charge is 2.18. The van der Waals surface area contributed by atoms with Crippen molar-refractivity contribution in [2.75, 3.05) is 63.6 Å². The predicted molar refractivity (Wildman–Crippen MR) is 145 cm³/mol. The van der Waals surface area contributed by atoms with Crippen LogP contribution in [0.1, 0.15) is 18.4 Å². The van der Waals surface area contributed by atoms with E-state index in [0.29, 0.717) is 17.4 Å². The average molecular weight is 505 g/mol. The summed E-state index contributed by atoms with van der Waals surface area (Å²) in [5.74, 6) is 1.24. The van der Waals surface area contributed by atoms with Crippen molar-refractivity contribution in [3.05, 3.63) is 60.3 Å². The summed E-state index contributed by atoms with van der Waals surface area (Å²) in [7, 11) is 0. The summed E-state index contributed by atoms with van der Waals surface area (Å²) in [6, 6.07) is 16.1. The molecule has 2 fully saturated rings. The van der Waals surface area contributed by atoms with Crippen LogP contribution >= 0.6 is 0 Å². The van der Waals surface area contributed by atoms with Gasteiger partial charge in [-0.15, -0.1) is 0 Å². The molecule has 0 saturated carbocycles. The molecule has 0 atom stereocenters. The van der Waals surface area contributed by atoms with Crippen molar-refractivity contribution in [1.29, 1.82) is 0 Å². The second-order valence-corrected chi connectivity index (χ2v) is 9.61. The number of piperazine rings is 1. The fraction of sp³-hybridized carbons (Fsp3) is 0.429. The van der Waals surface area contributed by atoms with Gasteiger partial charge in [0.25, 0.3) is 0 Å². The molecular formula is C28H36N6O3. The fourth-order valence-electron chi connectivity index (χ4n) is 4.82. The second-order valence-electron chi connectivity index (χ2n) is 9.61. The van der Waals surface area contributed by atoms with Crippen LogP contribution in [0.5, 0.6) is 5.75 Å². The van der Waals surface area contributed by atoms with Gasteiger partial charge in [0, 0.05) is 69.6 Å². The van der Waals surface area contributed by atoms with Gasteiger partial charge in [-0.1, -0.05) is 12.1 Å². The monoisotopic (exact) mass is 504 g/mol. The van der Waals surface area contributed by atoms with Crippen molar-refractivity contribution < 1.29 is 14.6 Å². The minimum Gasteiger partial charge on any atom is -0.488 e. The van der Waals surface area contributed by atoms with Gasteiger partial charge in [-0.05, 0) is 42.0 Å². The summed E-state index contributed by atoms with van der Waals surface area (Å²) in [5, 5.41) is 12.5. The maximum atomic E-state index is 9.14. The lowest BCUT2D eigenvalue weighted by molar-refractivity contribution is 0.0259. The molecule has 2 aromatic carbocycles. The van der Waals surface area contributed by atoms with Crippen LogP contribution in [0.15, 0.2) is 54.7 Å². The molecular weight excluding hydrogens is 468 g/mol. The van der Waals surface area contributed by atoms with Crippen LogP contribution in [0, 0.1) is 0 Å². The first-order valence-corrected chi connectivity index (χ1v) is 13.0. The second kappa shape index (κ2) is 12.3. The number of hydrogen-bond donors (Lipinski definition) is 3. The van der Waals surface area contributed by atoms with Crippen LogP contribution in [0.3, 0.4) is 0 Å². The molecule has 9 nitrogen and oxygen atoms in total. The molecule has 4 N–H and O–H groups in total. The molecule has 0 amide bonds. The number of aliphatic hydroxyl groups is 1. The topological polar surface area (TPSA) is 109 Å². The molecule has 37 heavy (non-hydrogen) atoms. The molecule has 2 aliphatic heterocycles. The van der Waals surface area contributed by atoms with E-state index in [2.05, 4.69) is 38.3 Å². The van der Waals surface area contributed by atoms with E-state index in [0.717, 1.165) is 82.3 Å². The third-order valence-electron chi connectivity index (χ3n) is 6.89. The van der Waals surface area contributed by atoms with Gasteiger partial charge in [-0.2, -0.15) is 0 Å². The third-order valence-corrected chi connectivity index (χ3v) is 6.89. The van der Waals surface area contributed by atoms with Crippen LogP contribution in [0.2, 0.25) is 0 Å². The molecule has 0 radical (unpaired) electrons. The maximum absolute atomic E-state index is 9.14. The first-order valence-electron chi connectivity index (χ1n) is 13.0. The van der Waals surface area contributed by atoms with Crippen molar-refractivity contribution in [2.45, 2.75) is 25.5 Å². The van der Waals surface area contributed by atoms with Gasteiger partial charge in [0.05, 0.1) is 31.2 Å². The lowest BCUT2D eigenvalue weighted by Gasteiger charge is -2.34. The van der Waals surface area contributed by atoms with Gasteiger partial charge in [-0.25, -0.2) is 9.97 Å². The van der Waals surface area contributed by atoms with E-state index in [9.17, 15) is 0 Å². The van der Waals surface area contributed by atoms with Crippen LogP contribution in [-0.2, 0) is 11.3 Å². The van der Waals surface area contributed by atoms with Gasteiger partial charge < -0.3 is 25.6 Å². The van der Waals surface area contributed by atoms with Crippen LogP contribution < -0.4 is 15.8 Å². The lowest BCUT2D eigenvalue weighted by atomic mass is 10.1. The van der Waals surface area contributed by atoms with E-state index >= 15 is 0 Å². The van der Waals surface area contributed by atoms with E-state index in [1.54, 1.807) is 6.20 Å². The number of benzene rings is 2. The number of aromatic nitrogens is 2. The highest BCUT2D eigenvalue weighted by Crippen LogP contribution is 2.30. The van der Waals surface area contributed by atoms with Crippen molar-refractivity contribution in [2.24, 2.45) is 0 Å². The van der Waals surface area contributed by atoms with E-state index in [4.69, 9.17) is 25.3 Å². The average Bonchev–Trinajstić information content (AvgIpc) is 2.92. The number of rotatable bonds is 9. The van der Waals surface area contributed by atoms with Gasteiger partial charge in [0.15, 0.2) is 0 Å². The number of anilines is 3. The van der Waals surface area contributed by atoms with Crippen LogP contribution in [0.4, 0.5) is 17.3 Å². The van der Waals surface area contributed by atoms with Crippen LogP contribution in [-0.4, -0.2) is 83.5 Å². The van der Waals surface area contributed by atoms with E-state index in [-0.39, 0.29) is 12.7 Å². The normalized spacial score (nSPS) is 17.5. The number of aliphatic hydroxyl groups excluding tert-OH is 1. The minimum atomic E-state index is 0.142. The summed E-state index contributed by atoms with van der Waals surface area (Å²) in [5.41, 5.74) is 10.8. The SMILES string of the molecule is Nc1cc(-c2ccnc(Nc3cccc(CN4CCN(CCO)CC4)c3)n2)ccc1OC1CCOCC1. The Balaban J connectivity index is 1.21. The molecule has 2 aliphatic rings. The largest absolute Gasteiger partial charge is 0.488 e. The number of ether oxygens (including phenoxy) is 2. The lowest BCUT2D eigenvalue weighted by Crippen LogP contribution is -2.46. The smallest absolute Gasteiger partial charge is 0.227 e. The highest BCUT2D eigenvalue weighted by molar-refractivity contribution is 5.69. The summed E-state index contributed by atoms with van der Waals surface area (Å²) >= 11 is 0. The zero-order valence-electron chi connectivity index (χ0n) is 21.2. The van der Waals surface area contributed by atoms with E-state index in [1.807, 2.05) is 30.3 Å². The summed E-state index contributed by atoms with van der Waals surface area (Å²) in [4.78, 5) is 13.9.